The number of nitrogens with one attached hydrogen (secondary N) is 1. The molecule has 1 aromatic heterocycles. The Morgan fingerprint density at radius 3 is 2.78 bits per heavy atom. The smallest absolute Gasteiger partial charge is 0.300 e. The van der Waals surface area contributed by atoms with Crippen molar-refractivity contribution in [2.75, 3.05) is 5.32 Å². The van der Waals surface area contributed by atoms with Crippen molar-refractivity contribution in [3.63, 3.8) is 0 Å². The summed E-state index contributed by atoms with van der Waals surface area (Å²) in [7, 11) is 0. The number of non-ortho nitro benzene ring substituents is 1. The van der Waals surface area contributed by atoms with Gasteiger partial charge < -0.3 is 11.1 Å². The summed E-state index contributed by atoms with van der Waals surface area (Å²) in [5.74, 6) is -0.557. The van der Waals surface area contributed by atoms with E-state index in [1.165, 1.54) is 12.1 Å². The van der Waals surface area contributed by atoms with Gasteiger partial charge in [0, 0.05) is 6.07 Å². The lowest BCUT2D eigenvalue weighted by Gasteiger charge is -2.10. The topological polar surface area (TPSA) is 137 Å². The maximum atomic E-state index is 10.9. The monoisotopic (exact) mass is 251 g/mol. The fourth-order valence-corrected chi connectivity index (χ4v) is 1.42. The van der Waals surface area contributed by atoms with Gasteiger partial charge in [0.15, 0.2) is 5.52 Å². The van der Waals surface area contributed by atoms with Crippen molar-refractivity contribution in [3.8, 4) is 0 Å². The van der Waals surface area contributed by atoms with E-state index in [1.807, 2.05) is 0 Å². The maximum Gasteiger partial charge on any atom is 0.300 e. The molecule has 1 unspecified atom stereocenters. The summed E-state index contributed by atoms with van der Waals surface area (Å²) in [5.41, 5.74) is 5.48. The van der Waals surface area contributed by atoms with Crippen LogP contribution in [0.2, 0.25) is 0 Å². The molecular weight excluding hydrogens is 242 g/mol. The fourth-order valence-electron chi connectivity index (χ4n) is 1.42. The van der Waals surface area contributed by atoms with Crippen LogP contribution in [0.25, 0.3) is 11.0 Å². The van der Waals surface area contributed by atoms with E-state index in [9.17, 15) is 14.9 Å². The highest BCUT2D eigenvalue weighted by Gasteiger charge is 2.20. The molecule has 0 spiro atoms. The summed E-state index contributed by atoms with van der Waals surface area (Å²) in [5, 5.41) is 20.6. The van der Waals surface area contributed by atoms with Gasteiger partial charge in [-0.3, -0.25) is 14.9 Å². The first-order valence-corrected chi connectivity index (χ1v) is 4.96. The molecule has 0 aliphatic carbocycles. The molecule has 1 atom stereocenters. The SMILES string of the molecule is CC(Nc1ccc([N+](=O)[O-])c2nonc12)C(N)=O. The molecule has 9 nitrogen and oxygen atoms in total. The largest absolute Gasteiger partial charge is 0.372 e. The predicted molar refractivity (Wildman–Crippen MR) is 60.7 cm³/mol. The molecule has 3 N–H and O–H groups in total. The number of hydrogen-bond donors (Lipinski definition) is 2. The number of rotatable bonds is 4. The minimum atomic E-state index is -0.647. The summed E-state index contributed by atoms with van der Waals surface area (Å²) in [6, 6.07) is 2.03. The van der Waals surface area contributed by atoms with E-state index < -0.39 is 16.9 Å². The van der Waals surface area contributed by atoms with E-state index in [-0.39, 0.29) is 16.7 Å². The number of carbonyl (C=O) groups is 1. The van der Waals surface area contributed by atoms with Gasteiger partial charge in [-0.25, -0.2) is 4.63 Å². The average molecular weight is 251 g/mol. The zero-order valence-corrected chi connectivity index (χ0v) is 9.28. The highest BCUT2D eigenvalue weighted by Crippen LogP contribution is 2.28. The number of fused-ring (bicyclic) bond motifs is 1. The molecule has 94 valence electrons. The summed E-state index contributed by atoms with van der Waals surface area (Å²) in [6.45, 7) is 1.56. The fraction of sp³-hybridized carbons (Fsp3) is 0.222. The zero-order valence-electron chi connectivity index (χ0n) is 9.28. The molecule has 2 aromatic rings. The Labute approximate surface area is 100 Å². The second-order valence-corrected chi connectivity index (χ2v) is 3.62. The molecule has 0 aliphatic heterocycles. The number of primary amides is 1. The molecule has 0 saturated heterocycles. The van der Waals surface area contributed by atoms with E-state index >= 15 is 0 Å². The minimum Gasteiger partial charge on any atom is -0.372 e. The second kappa shape index (κ2) is 4.28. The summed E-state index contributed by atoms with van der Waals surface area (Å²) in [4.78, 5) is 21.1. The summed E-state index contributed by atoms with van der Waals surface area (Å²) >= 11 is 0. The number of anilines is 1. The molecule has 1 aromatic carbocycles. The van der Waals surface area contributed by atoms with Crippen LogP contribution in [0.15, 0.2) is 16.8 Å². The Kier molecular flexibility index (Phi) is 2.80. The number of nitrogens with two attached hydrogens (primary N) is 1. The van der Waals surface area contributed by atoms with Gasteiger partial charge in [0.1, 0.15) is 6.04 Å². The normalized spacial score (nSPS) is 12.3. The van der Waals surface area contributed by atoms with Gasteiger partial charge in [-0.05, 0) is 23.3 Å². The highest BCUT2D eigenvalue weighted by atomic mass is 16.6. The van der Waals surface area contributed by atoms with Crippen LogP contribution in [0.1, 0.15) is 6.92 Å². The lowest BCUT2D eigenvalue weighted by atomic mass is 10.2. The van der Waals surface area contributed by atoms with Gasteiger partial charge in [-0.1, -0.05) is 0 Å². The van der Waals surface area contributed by atoms with Crippen LogP contribution < -0.4 is 11.1 Å². The van der Waals surface area contributed by atoms with Gasteiger partial charge in [0.05, 0.1) is 10.6 Å². The maximum absolute atomic E-state index is 10.9. The van der Waals surface area contributed by atoms with Crippen molar-refractivity contribution >= 4 is 28.3 Å². The molecule has 0 fully saturated rings. The number of nitro groups is 1. The van der Waals surface area contributed by atoms with Crippen LogP contribution in [0.3, 0.4) is 0 Å². The second-order valence-electron chi connectivity index (χ2n) is 3.62. The molecule has 0 radical (unpaired) electrons. The van der Waals surface area contributed by atoms with E-state index in [4.69, 9.17) is 5.73 Å². The van der Waals surface area contributed by atoms with Crippen molar-refractivity contribution < 1.29 is 14.3 Å². The standard InChI is InChI=1S/C9H9N5O4/c1-4(9(10)15)11-5-2-3-6(14(16)17)8-7(5)12-18-13-8/h2-4,11H,1H3,(H2,10,15). The lowest BCUT2D eigenvalue weighted by Crippen LogP contribution is -2.32. The van der Waals surface area contributed by atoms with Crippen molar-refractivity contribution in [3.05, 3.63) is 22.2 Å². The van der Waals surface area contributed by atoms with Crippen molar-refractivity contribution in [2.45, 2.75) is 13.0 Å². The van der Waals surface area contributed by atoms with E-state index in [1.54, 1.807) is 6.92 Å². The molecule has 0 bridgehead atoms. The van der Waals surface area contributed by atoms with Crippen LogP contribution in [-0.2, 0) is 4.79 Å². The third-order valence-electron chi connectivity index (χ3n) is 2.39. The van der Waals surface area contributed by atoms with E-state index in [0.717, 1.165) is 0 Å². The van der Waals surface area contributed by atoms with Crippen LogP contribution >= 0.6 is 0 Å². The Hall–Kier alpha value is -2.71. The number of carbonyl (C=O) groups excluding carboxylic acids is 1. The zero-order chi connectivity index (χ0) is 13.3. The molecule has 1 amide bonds. The number of aromatic nitrogens is 2. The molecule has 0 saturated carbocycles. The summed E-state index contributed by atoms with van der Waals surface area (Å²) in [6.07, 6.45) is 0. The average Bonchev–Trinajstić information content (AvgIpc) is 2.77. The molecular formula is C9H9N5O4. The number of benzene rings is 1. The first kappa shape index (κ1) is 11.8. The number of nitrogens with zero attached hydrogens (tertiary/aromatic N) is 3. The quantitative estimate of drug-likeness (QED) is 0.593. The van der Waals surface area contributed by atoms with E-state index in [0.29, 0.717) is 5.69 Å². The third kappa shape index (κ3) is 1.93. The Morgan fingerprint density at radius 1 is 1.50 bits per heavy atom. The highest BCUT2D eigenvalue weighted by molar-refractivity contribution is 5.95. The predicted octanol–water partition coefficient (Wildman–Crippen LogP) is 0.417. The van der Waals surface area contributed by atoms with Crippen molar-refractivity contribution in [1.29, 1.82) is 0 Å². The van der Waals surface area contributed by atoms with Crippen LogP contribution in [0.5, 0.6) is 0 Å². The Balaban J connectivity index is 2.48. The van der Waals surface area contributed by atoms with Crippen molar-refractivity contribution in [1.82, 2.24) is 10.3 Å². The van der Waals surface area contributed by atoms with Crippen LogP contribution in [0, 0.1) is 10.1 Å². The molecule has 18 heavy (non-hydrogen) atoms. The Bertz CT molecular complexity index is 622. The first-order chi connectivity index (χ1) is 8.50. The number of hydrogen-bond acceptors (Lipinski definition) is 7. The molecule has 0 aliphatic rings. The number of nitro benzene ring substituents is 1. The minimum absolute atomic E-state index is 0.0154. The first-order valence-electron chi connectivity index (χ1n) is 4.96. The molecule has 9 heteroatoms. The number of amides is 1. The van der Waals surface area contributed by atoms with Crippen LogP contribution in [-0.4, -0.2) is 27.2 Å². The van der Waals surface area contributed by atoms with E-state index in [2.05, 4.69) is 20.3 Å². The van der Waals surface area contributed by atoms with Gasteiger partial charge in [0.25, 0.3) is 0 Å². The lowest BCUT2D eigenvalue weighted by molar-refractivity contribution is -0.383. The summed E-state index contributed by atoms with van der Waals surface area (Å²) < 4.78 is 4.48. The molecule has 2 rings (SSSR count). The third-order valence-corrected chi connectivity index (χ3v) is 2.39. The van der Waals surface area contributed by atoms with Crippen molar-refractivity contribution in [2.24, 2.45) is 5.73 Å². The Morgan fingerprint density at radius 2 is 2.17 bits per heavy atom. The van der Waals surface area contributed by atoms with Gasteiger partial charge >= 0.3 is 5.69 Å². The van der Waals surface area contributed by atoms with Crippen LogP contribution in [0.4, 0.5) is 11.4 Å². The van der Waals surface area contributed by atoms with Gasteiger partial charge in [-0.2, -0.15) is 0 Å². The molecule has 1 heterocycles. The van der Waals surface area contributed by atoms with Gasteiger partial charge in [-0.15, -0.1) is 0 Å². The van der Waals surface area contributed by atoms with Gasteiger partial charge in [0.2, 0.25) is 11.4 Å².